The summed E-state index contributed by atoms with van der Waals surface area (Å²) in [4.78, 5) is 36.6. The first-order chi connectivity index (χ1) is 13.8. The SMILES string of the molecule is COC(=O)c1ccc(NC(=O)C2CC2C(=O)Nc2c(C)cccc2C(C)C)cc1. The summed E-state index contributed by atoms with van der Waals surface area (Å²) in [5.41, 5.74) is 3.93. The number of amides is 2. The number of esters is 1. The van der Waals surface area contributed by atoms with E-state index in [1.165, 1.54) is 7.11 Å². The molecule has 0 radical (unpaired) electrons. The summed E-state index contributed by atoms with van der Waals surface area (Å²) in [6.07, 6.45) is 0.529. The molecule has 0 aliphatic heterocycles. The molecule has 0 bridgehead atoms. The molecular formula is C23H26N2O4. The van der Waals surface area contributed by atoms with Crippen molar-refractivity contribution in [1.29, 1.82) is 0 Å². The van der Waals surface area contributed by atoms with Crippen molar-refractivity contribution in [1.82, 2.24) is 0 Å². The van der Waals surface area contributed by atoms with Gasteiger partial charge in [0.15, 0.2) is 0 Å². The number of ether oxygens (including phenoxy) is 1. The predicted octanol–water partition coefficient (Wildman–Crippen LogP) is 4.12. The van der Waals surface area contributed by atoms with Gasteiger partial charge in [0.1, 0.15) is 0 Å². The normalized spacial score (nSPS) is 17.6. The van der Waals surface area contributed by atoms with E-state index in [0.29, 0.717) is 17.7 Å². The van der Waals surface area contributed by atoms with Gasteiger partial charge in [-0.05, 0) is 54.7 Å². The van der Waals surface area contributed by atoms with E-state index in [9.17, 15) is 14.4 Å². The number of benzene rings is 2. The number of hydrogen-bond donors (Lipinski definition) is 2. The average molecular weight is 394 g/mol. The van der Waals surface area contributed by atoms with Crippen molar-refractivity contribution in [2.75, 3.05) is 17.7 Å². The first-order valence-corrected chi connectivity index (χ1v) is 9.71. The van der Waals surface area contributed by atoms with Crippen LogP contribution in [-0.2, 0) is 14.3 Å². The monoisotopic (exact) mass is 394 g/mol. The highest BCUT2D eigenvalue weighted by molar-refractivity contribution is 6.04. The number of nitrogens with one attached hydrogen (secondary N) is 2. The Morgan fingerprint density at radius 1 is 0.966 bits per heavy atom. The fourth-order valence-electron chi connectivity index (χ4n) is 3.38. The Morgan fingerprint density at radius 2 is 1.59 bits per heavy atom. The highest BCUT2D eigenvalue weighted by Crippen LogP contribution is 2.41. The van der Waals surface area contributed by atoms with Crippen molar-refractivity contribution in [2.24, 2.45) is 11.8 Å². The molecule has 2 atom stereocenters. The quantitative estimate of drug-likeness (QED) is 0.722. The second kappa shape index (κ2) is 8.47. The van der Waals surface area contributed by atoms with Crippen molar-refractivity contribution in [3.05, 3.63) is 59.2 Å². The lowest BCUT2D eigenvalue weighted by molar-refractivity contribution is -0.122. The van der Waals surface area contributed by atoms with Crippen molar-refractivity contribution in [2.45, 2.75) is 33.1 Å². The number of anilines is 2. The number of hydrogen-bond acceptors (Lipinski definition) is 4. The van der Waals surface area contributed by atoms with Crippen LogP contribution in [0.25, 0.3) is 0 Å². The molecule has 6 heteroatoms. The molecule has 29 heavy (non-hydrogen) atoms. The molecule has 1 saturated carbocycles. The second-order valence-electron chi connectivity index (χ2n) is 7.69. The van der Waals surface area contributed by atoms with Crippen LogP contribution in [0, 0.1) is 18.8 Å². The number of methoxy groups -OCH3 is 1. The van der Waals surface area contributed by atoms with Crippen molar-refractivity contribution in [3.63, 3.8) is 0 Å². The third kappa shape index (κ3) is 4.65. The number of carbonyl (C=O) groups is 3. The summed E-state index contributed by atoms with van der Waals surface area (Å²) in [6, 6.07) is 12.4. The fourth-order valence-corrected chi connectivity index (χ4v) is 3.38. The molecular weight excluding hydrogens is 368 g/mol. The molecule has 1 aliphatic carbocycles. The molecule has 6 nitrogen and oxygen atoms in total. The average Bonchev–Trinajstić information content (AvgIpc) is 3.50. The number of carbonyl (C=O) groups excluding carboxylic acids is 3. The van der Waals surface area contributed by atoms with Crippen molar-refractivity contribution < 1.29 is 19.1 Å². The summed E-state index contributed by atoms with van der Waals surface area (Å²) < 4.78 is 4.66. The first kappa shape index (κ1) is 20.6. The Hall–Kier alpha value is -3.15. The van der Waals surface area contributed by atoms with Crippen LogP contribution in [-0.4, -0.2) is 24.9 Å². The number of aryl methyl sites for hydroxylation is 1. The third-order valence-corrected chi connectivity index (χ3v) is 5.21. The Bertz CT molecular complexity index is 934. The van der Waals surface area contributed by atoms with Gasteiger partial charge in [-0.25, -0.2) is 4.79 Å². The fraction of sp³-hybridized carbons (Fsp3) is 0.348. The van der Waals surface area contributed by atoms with E-state index in [1.807, 2.05) is 25.1 Å². The van der Waals surface area contributed by atoms with Gasteiger partial charge in [0, 0.05) is 11.4 Å². The van der Waals surface area contributed by atoms with E-state index in [-0.39, 0.29) is 29.6 Å². The van der Waals surface area contributed by atoms with Crippen LogP contribution in [0.3, 0.4) is 0 Å². The molecule has 2 amide bonds. The van der Waals surface area contributed by atoms with Crippen molar-refractivity contribution in [3.8, 4) is 0 Å². The molecule has 0 aromatic heterocycles. The van der Waals surface area contributed by atoms with Gasteiger partial charge in [-0.1, -0.05) is 32.0 Å². The molecule has 152 valence electrons. The van der Waals surface area contributed by atoms with Crippen LogP contribution < -0.4 is 10.6 Å². The topological polar surface area (TPSA) is 84.5 Å². The number of rotatable bonds is 6. The molecule has 0 spiro atoms. The molecule has 0 heterocycles. The molecule has 1 fully saturated rings. The van der Waals surface area contributed by atoms with E-state index in [1.54, 1.807) is 24.3 Å². The maximum absolute atomic E-state index is 12.7. The zero-order chi connectivity index (χ0) is 21.1. The molecule has 2 unspecified atom stereocenters. The summed E-state index contributed by atoms with van der Waals surface area (Å²) in [7, 11) is 1.32. The standard InChI is InChI=1S/C23H26N2O4/c1-13(2)17-7-5-6-14(3)20(17)25-22(27)19-12-18(19)21(26)24-16-10-8-15(9-11-16)23(28)29-4/h5-11,13,18-19H,12H2,1-4H3,(H,24,26)(H,25,27). The predicted molar refractivity (Wildman–Crippen MR) is 112 cm³/mol. The zero-order valence-electron chi connectivity index (χ0n) is 17.1. The molecule has 1 aliphatic rings. The maximum Gasteiger partial charge on any atom is 0.337 e. The maximum atomic E-state index is 12.7. The summed E-state index contributed by atoms with van der Waals surface area (Å²) in [6.45, 7) is 6.14. The van der Waals surface area contributed by atoms with Crippen LogP contribution in [0.1, 0.15) is 47.7 Å². The van der Waals surface area contributed by atoms with Crippen LogP contribution in [0.2, 0.25) is 0 Å². The molecule has 2 aromatic rings. The number of para-hydroxylation sites is 1. The second-order valence-corrected chi connectivity index (χ2v) is 7.69. The Balaban J connectivity index is 1.60. The van der Waals surface area contributed by atoms with Gasteiger partial charge in [0.2, 0.25) is 11.8 Å². The van der Waals surface area contributed by atoms with Crippen LogP contribution in [0.4, 0.5) is 11.4 Å². The van der Waals surface area contributed by atoms with E-state index in [0.717, 1.165) is 16.8 Å². The molecule has 2 N–H and O–H groups in total. The largest absolute Gasteiger partial charge is 0.465 e. The minimum Gasteiger partial charge on any atom is -0.465 e. The van der Waals surface area contributed by atoms with Gasteiger partial charge in [-0.2, -0.15) is 0 Å². The highest BCUT2D eigenvalue weighted by Gasteiger charge is 2.48. The van der Waals surface area contributed by atoms with Gasteiger partial charge in [-0.15, -0.1) is 0 Å². The van der Waals surface area contributed by atoms with Gasteiger partial charge >= 0.3 is 5.97 Å². The lowest BCUT2D eigenvalue weighted by atomic mass is 9.98. The highest BCUT2D eigenvalue weighted by atomic mass is 16.5. The Labute approximate surface area is 170 Å². The van der Waals surface area contributed by atoms with Gasteiger partial charge < -0.3 is 15.4 Å². The summed E-state index contributed by atoms with van der Waals surface area (Å²) in [5, 5.41) is 5.83. The lowest BCUT2D eigenvalue weighted by Crippen LogP contribution is -2.21. The first-order valence-electron chi connectivity index (χ1n) is 9.71. The lowest BCUT2D eigenvalue weighted by Gasteiger charge is -2.16. The molecule has 0 saturated heterocycles. The zero-order valence-corrected chi connectivity index (χ0v) is 17.1. The minimum atomic E-state index is -0.432. The van der Waals surface area contributed by atoms with E-state index in [4.69, 9.17) is 0 Å². The minimum absolute atomic E-state index is 0.123. The van der Waals surface area contributed by atoms with Gasteiger partial charge in [0.25, 0.3) is 0 Å². The van der Waals surface area contributed by atoms with E-state index in [2.05, 4.69) is 29.2 Å². The molecule has 2 aromatic carbocycles. The van der Waals surface area contributed by atoms with E-state index >= 15 is 0 Å². The van der Waals surface area contributed by atoms with Gasteiger partial charge in [-0.3, -0.25) is 9.59 Å². The molecule has 3 rings (SSSR count). The van der Waals surface area contributed by atoms with Gasteiger partial charge in [0.05, 0.1) is 24.5 Å². The van der Waals surface area contributed by atoms with E-state index < -0.39 is 5.97 Å². The smallest absolute Gasteiger partial charge is 0.337 e. The summed E-state index contributed by atoms with van der Waals surface area (Å²) in [5.74, 6) is -1.13. The Morgan fingerprint density at radius 3 is 2.17 bits per heavy atom. The summed E-state index contributed by atoms with van der Waals surface area (Å²) >= 11 is 0. The van der Waals surface area contributed by atoms with Crippen LogP contribution >= 0.6 is 0 Å². The third-order valence-electron chi connectivity index (χ3n) is 5.21. The Kier molecular flexibility index (Phi) is 6.01. The van der Waals surface area contributed by atoms with Crippen LogP contribution in [0.5, 0.6) is 0 Å². The van der Waals surface area contributed by atoms with Crippen molar-refractivity contribution >= 4 is 29.2 Å². The van der Waals surface area contributed by atoms with Crippen LogP contribution in [0.15, 0.2) is 42.5 Å².